The number of carbonyl (C=O) groups is 1. The van der Waals surface area contributed by atoms with Gasteiger partial charge in [-0.05, 0) is 46.3 Å². The van der Waals surface area contributed by atoms with Crippen LogP contribution in [0, 0.1) is 10.1 Å². The van der Waals surface area contributed by atoms with Crippen LogP contribution in [0.5, 0.6) is 0 Å². The first-order valence-corrected chi connectivity index (χ1v) is 9.87. The number of nitrogens with zero attached hydrogens (tertiary/aromatic N) is 5. The van der Waals surface area contributed by atoms with Crippen molar-refractivity contribution in [3.8, 4) is 0 Å². The molecule has 1 aliphatic heterocycles. The molecule has 9 heteroatoms. The fourth-order valence-electron chi connectivity index (χ4n) is 3.27. The van der Waals surface area contributed by atoms with E-state index in [-0.39, 0.29) is 12.2 Å². The Morgan fingerprint density at radius 1 is 1.10 bits per heavy atom. The van der Waals surface area contributed by atoms with Crippen LogP contribution < -0.4 is 9.91 Å². The van der Waals surface area contributed by atoms with Crippen molar-refractivity contribution < 1.29 is 9.72 Å². The Morgan fingerprint density at radius 2 is 1.90 bits per heavy atom. The van der Waals surface area contributed by atoms with Gasteiger partial charge in [-0.1, -0.05) is 24.3 Å². The topological polar surface area (TPSA) is 91.9 Å². The average Bonchev–Trinajstić information content (AvgIpc) is 2.79. The smallest absolute Gasteiger partial charge is 0.271 e. The van der Waals surface area contributed by atoms with Crippen molar-refractivity contribution >= 4 is 45.0 Å². The number of hydrogen-bond donors (Lipinski definition) is 0. The molecule has 0 N–H and O–H groups in total. The molecule has 0 saturated carbocycles. The minimum Gasteiger partial charge on any atom is -0.337 e. The van der Waals surface area contributed by atoms with Crippen molar-refractivity contribution in [2.75, 3.05) is 16.5 Å². The van der Waals surface area contributed by atoms with Crippen LogP contribution in [0.1, 0.15) is 5.69 Å². The maximum atomic E-state index is 12.2. The number of anilines is 2. The van der Waals surface area contributed by atoms with Gasteiger partial charge in [-0.2, -0.15) is 5.10 Å². The van der Waals surface area contributed by atoms with Crippen LogP contribution in [0.2, 0.25) is 0 Å². The Bertz CT molecular complexity index is 1120. The van der Waals surface area contributed by atoms with Gasteiger partial charge in [-0.15, -0.1) is 0 Å². The van der Waals surface area contributed by atoms with E-state index < -0.39 is 11.1 Å². The second-order valence-corrected chi connectivity index (χ2v) is 7.37. The molecule has 0 spiro atoms. The van der Waals surface area contributed by atoms with Gasteiger partial charge in [0, 0.05) is 28.5 Å². The van der Waals surface area contributed by atoms with Crippen LogP contribution in [-0.2, 0) is 4.79 Å². The lowest BCUT2D eigenvalue weighted by atomic mass is 10.1. The van der Waals surface area contributed by atoms with E-state index in [4.69, 9.17) is 5.10 Å². The molecule has 1 unspecified atom stereocenters. The van der Waals surface area contributed by atoms with E-state index in [2.05, 4.69) is 20.9 Å². The Labute approximate surface area is 180 Å². The summed E-state index contributed by atoms with van der Waals surface area (Å²) in [7, 11) is 0. The number of halogens is 1. The van der Waals surface area contributed by atoms with Crippen LogP contribution >= 0.6 is 15.9 Å². The molecule has 30 heavy (non-hydrogen) atoms. The molecule has 4 rings (SSSR count). The van der Waals surface area contributed by atoms with Crippen LogP contribution in [-0.4, -0.2) is 34.6 Å². The molecule has 0 saturated heterocycles. The fourth-order valence-corrected chi connectivity index (χ4v) is 3.73. The van der Waals surface area contributed by atoms with E-state index in [9.17, 15) is 14.9 Å². The molecule has 2 heterocycles. The number of hydrazone groups is 1. The van der Waals surface area contributed by atoms with Gasteiger partial charge < -0.3 is 4.90 Å². The first kappa shape index (κ1) is 19.7. The number of hydrogen-bond acceptors (Lipinski definition) is 7. The Hall–Kier alpha value is -3.59. The van der Waals surface area contributed by atoms with E-state index in [1.807, 2.05) is 42.5 Å². The van der Waals surface area contributed by atoms with E-state index >= 15 is 0 Å². The molecule has 2 aromatic carbocycles. The summed E-state index contributed by atoms with van der Waals surface area (Å²) in [5.74, 6) is 0. The lowest BCUT2D eigenvalue weighted by Gasteiger charge is -2.40. The Morgan fingerprint density at radius 3 is 2.60 bits per heavy atom. The number of non-ortho nitro benzene ring substituents is 1. The predicted octanol–water partition coefficient (Wildman–Crippen LogP) is 4.01. The molecule has 0 amide bonds. The van der Waals surface area contributed by atoms with E-state index in [0.29, 0.717) is 22.8 Å². The first-order chi connectivity index (χ1) is 14.6. The number of carbonyl (C=O) groups excluding carboxylic acids is 1. The van der Waals surface area contributed by atoms with Gasteiger partial charge in [-0.3, -0.25) is 19.9 Å². The zero-order valence-corrected chi connectivity index (χ0v) is 17.2. The number of aldehydes is 1. The average molecular weight is 466 g/mol. The second kappa shape index (κ2) is 8.42. The number of rotatable bonds is 5. The minimum atomic E-state index is -0.793. The van der Waals surface area contributed by atoms with Crippen molar-refractivity contribution in [3.05, 3.63) is 93.2 Å². The first-order valence-electron chi connectivity index (χ1n) is 9.07. The van der Waals surface area contributed by atoms with Crippen molar-refractivity contribution in [2.45, 2.75) is 6.17 Å². The molecule has 0 aliphatic carbocycles. The van der Waals surface area contributed by atoms with Gasteiger partial charge in [-0.25, -0.2) is 5.01 Å². The second-order valence-electron chi connectivity index (χ2n) is 6.51. The van der Waals surface area contributed by atoms with Crippen molar-refractivity contribution in [1.82, 2.24) is 4.98 Å². The van der Waals surface area contributed by atoms with Gasteiger partial charge in [0.25, 0.3) is 5.69 Å². The molecule has 8 nitrogen and oxygen atoms in total. The van der Waals surface area contributed by atoms with Gasteiger partial charge in [0.2, 0.25) is 0 Å². The molecule has 1 atom stereocenters. The molecular weight excluding hydrogens is 450 g/mol. The van der Waals surface area contributed by atoms with Crippen LogP contribution in [0.4, 0.5) is 17.1 Å². The highest BCUT2D eigenvalue weighted by Gasteiger charge is 2.33. The lowest BCUT2D eigenvalue weighted by Crippen LogP contribution is -2.54. The summed E-state index contributed by atoms with van der Waals surface area (Å²) in [5.41, 5.74) is 2.48. The number of benzene rings is 2. The highest BCUT2D eigenvalue weighted by Crippen LogP contribution is 2.33. The summed E-state index contributed by atoms with van der Waals surface area (Å²) < 4.78 is 0.766. The highest BCUT2D eigenvalue weighted by molar-refractivity contribution is 9.10. The predicted molar refractivity (Wildman–Crippen MR) is 118 cm³/mol. The Kier molecular flexibility index (Phi) is 5.53. The standard InChI is InChI=1S/C21H16BrN5O3/c22-17-8-1-2-10-20(17)26-21(14-28)25(15-6-5-7-16(12-15)27(29)30)13-19(24-26)18-9-3-4-11-23-18/h1-12,14,21H,13H2. The zero-order valence-electron chi connectivity index (χ0n) is 15.6. The van der Waals surface area contributed by atoms with Crippen molar-refractivity contribution in [2.24, 2.45) is 5.10 Å². The molecule has 150 valence electrons. The monoisotopic (exact) mass is 465 g/mol. The van der Waals surface area contributed by atoms with E-state index in [0.717, 1.165) is 10.8 Å². The summed E-state index contributed by atoms with van der Waals surface area (Å²) in [6.07, 6.45) is 1.65. The molecule has 1 aliphatic rings. The molecule has 0 bridgehead atoms. The molecule has 0 fully saturated rings. The summed E-state index contributed by atoms with van der Waals surface area (Å²) in [6.45, 7) is 0.266. The number of nitro benzene ring substituents is 1. The van der Waals surface area contributed by atoms with Gasteiger partial charge in [0.05, 0.1) is 22.8 Å². The summed E-state index contributed by atoms with van der Waals surface area (Å²) in [4.78, 5) is 29.2. The van der Waals surface area contributed by atoms with Crippen molar-refractivity contribution in [3.63, 3.8) is 0 Å². The van der Waals surface area contributed by atoms with E-state index in [1.54, 1.807) is 28.2 Å². The minimum absolute atomic E-state index is 0.0495. The lowest BCUT2D eigenvalue weighted by molar-refractivity contribution is -0.384. The maximum absolute atomic E-state index is 12.2. The van der Waals surface area contributed by atoms with Gasteiger partial charge in [0.15, 0.2) is 12.5 Å². The largest absolute Gasteiger partial charge is 0.337 e. The van der Waals surface area contributed by atoms with Crippen LogP contribution in [0.25, 0.3) is 0 Å². The molecule has 1 aromatic heterocycles. The number of aromatic nitrogens is 1. The molecule has 3 aromatic rings. The third kappa shape index (κ3) is 3.79. The fraction of sp³-hybridized carbons (Fsp3) is 0.0952. The quantitative estimate of drug-likeness (QED) is 0.321. The third-order valence-electron chi connectivity index (χ3n) is 4.67. The summed E-state index contributed by atoms with van der Waals surface area (Å²) >= 11 is 3.52. The van der Waals surface area contributed by atoms with Gasteiger partial charge >= 0.3 is 0 Å². The van der Waals surface area contributed by atoms with Crippen molar-refractivity contribution in [1.29, 1.82) is 0 Å². The zero-order chi connectivity index (χ0) is 21.1. The number of nitro groups is 1. The maximum Gasteiger partial charge on any atom is 0.271 e. The summed E-state index contributed by atoms with van der Waals surface area (Å²) in [5, 5.41) is 17.6. The van der Waals surface area contributed by atoms with Crippen LogP contribution in [0.3, 0.4) is 0 Å². The number of pyridine rings is 1. The third-order valence-corrected chi connectivity index (χ3v) is 5.34. The van der Waals surface area contributed by atoms with Gasteiger partial charge in [0.1, 0.15) is 5.71 Å². The highest BCUT2D eigenvalue weighted by atomic mass is 79.9. The molecular formula is C21H16BrN5O3. The Balaban J connectivity index is 1.86. The van der Waals surface area contributed by atoms with Crippen LogP contribution in [0.15, 0.2) is 82.5 Å². The normalized spacial score (nSPS) is 16.2. The van der Waals surface area contributed by atoms with E-state index in [1.165, 1.54) is 12.1 Å². The number of para-hydroxylation sites is 1. The SMILES string of the molecule is O=CC1N(c2cccc([N+](=O)[O-])c2)CC(c2ccccn2)=NN1c1ccccc1Br. The summed E-state index contributed by atoms with van der Waals surface area (Å²) in [6, 6.07) is 19.1. The molecule has 0 radical (unpaired) electrons.